The van der Waals surface area contributed by atoms with E-state index in [2.05, 4.69) is 35.6 Å². The Morgan fingerprint density at radius 1 is 0.896 bits per heavy atom. The molecule has 1 saturated carbocycles. The van der Waals surface area contributed by atoms with Crippen LogP contribution in [0.5, 0.6) is 0 Å². The second kappa shape index (κ2) is 18.7. The van der Waals surface area contributed by atoms with Gasteiger partial charge < -0.3 is 30.1 Å². The van der Waals surface area contributed by atoms with Gasteiger partial charge in [0.15, 0.2) is 28.9 Å². The van der Waals surface area contributed by atoms with Gasteiger partial charge in [-0.2, -0.15) is 5.10 Å². The number of benzene rings is 1. The van der Waals surface area contributed by atoms with Crippen LogP contribution in [0.1, 0.15) is 94.4 Å². The maximum atomic E-state index is 15.3. The standard InChI is InChI=1S/C46H56F2N14O5/c1-26(2)62-44-37(42(49)52-25-53-44)38(56-62)39-36(41(67-57-39)28-3-4-28)43-50-23-29(24-51-43)27-7-13-61(14-8-27)46(65)66-20-19-58-11-9-31(10-12-58)59-15-17-60(18-16-59)40-32(47)21-30(22-33(40)48)54-34-5-6-35(63)55-45(34)64/h21-28,31,34,54H,3-20H2,1-2H3,(H2,49,52,53)(H,55,63,64). The summed E-state index contributed by atoms with van der Waals surface area (Å²) in [4.78, 5) is 63.4. The molecule has 4 N–H and O–H groups in total. The molecule has 8 heterocycles. The van der Waals surface area contributed by atoms with Gasteiger partial charge in [0.2, 0.25) is 11.8 Å². The number of hydrogen-bond donors (Lipinski definition) is 3. The number of piperidine rings is 3. The zero-order valence-electron chi connectivity index (χ0n) is 37.8. The van der Waals surface area contributed by atoms with E-state index in [0.717, 1.165) is 62.9 Å². The zero-order chi connectivity index (χ0) is 46.3. The first-order chi connectivity index (χ1) is 32.5. The number of aromatic nitrogens is 7. The molecule has 5 fully saturated rings. The predicted octanol–water partition coefficient (Wildman–Crippen LogP) is 5.08. The number of nitrogens with zero attached hydrogens (tertiary/aromatic N) is 11. The van der Waals surface area contributed by atoms with Crippen molar-refractivity contribution < 1.29 is 32.4 Å². The van der Waals surface area contributed by atoms with Gasteiger partial charge in [-0.3, -0.25) is 24.7 Å². The normalized spacial score (nSPS) is 20.5. The highest BCUT2D eigenvalue weighted by Crippen LogP contribution is 2.48. The molecule has 1 aliphatic carbocycles. The van der Waals surface area contributed by atoms with Crippen molar-refractivity contribution in [2.24, 2.45) is 0 Å². The Labute approximate surface area is 385 Å². The van der Waals surface area contributed by atoms with Crippen molar-refractivity contribution in [3.05, 3.63) is 53.8 Å². The van der Waals surface area contributed by atoms with Crippen LogP contribution >= 0.6 is 0 Å². The molecule has 1 unspecified atom stereocenters. The van der Waals surface area contributed by atoms with Gasteiger partial charge in [-0.25, -0.2) is 38.2 Å². The van der Waals surface area contributed by atoms with E-state index in [0.29, 0.717) is 98.1 Å². The van der Waals surface area contributed by atoms with E-state index in [1.165, 1.54) is 18.5 Å². The third-order valence-electron chi connectivity index (χ3n) is 14.0. The number of imide groups is 1. The second-order valence-corrected chi connectivity index (χ2v) is 18.6. The molecule has 0 spiro atoms. The van der Waals surface area contributed by atoms with Gasteiger partial charge in [0, 0.05) is 88.3 Å². The number of nitrogens with one attached hydrogen (secondary N) is 2. The molecule has 0 radical (unpaired) electrons. The number of carbonyl (C=O) groups is 3. The van der Waals surface area contributed by atoms with E-state index < -0.39 is 23.6 Å². The van der Waals surface area contributed by atoms with Crippen molar-refractivity contribution in [3.8, 4) is 22.8 Å². The molecule has 354 valence electrons. The highest BCUT2D eigenvalue weighted by atomic mass is 19.1. The molecule has 4 saturated heterocycles. The van der Waals surface area contributed by atoms with E-state index in [1.807, 2.05) is 30.9 Å². The number of rotatable bonds is 12. The van der Waals surface area contributed by atoms with Crippen LogP contribution in [0.3, 0.4) is 0 Å². The average Bonchev–Trinajstić information content (AvgIpc) is 3.95. The highest BCUT2D eigenvalue weighted by Gasteiger charge is 2.37. The first-order valence-corrected chi connectivity index (χ1v) is 23.5. The first kappa shape index (κ1) is 44.5. The molecule has 5 aromatic rings. The summed E-state index contributed by atoms with van der Waals surface area (Å²) in [7, 11) is 0. The molecule has 5 aliphatic rings. The number of halogens is 2. The lowest BCUT2D eigenvalue weighted by Crippen LogP contribution is -2.53. The Morgan fingerprint density at radius 3 is 2.28 bits per heavy atom. The number of ether oxygens (including phenoxy) is 1. The van der Waals surface area contributed by atoms with Crippen LogP contribution < -0.4 is 21.3 Å². The number of amides is 3. The largest absolute Gasteiger partial charge is 0.448 e. The zero-order valence-corrected chi connectivity index (χ0v) is 37.8. The Morgan fingerprint density at radius 2 is 1.61 bits per heavy atom. The summed E-state index contributed by atoms with van der Waals surface area (Å²) in [5.74, 6) is -0.233. The summed E-state index contributed by atoms with van der Waals surface area (Å²) >= 11 is 0. The predicted molar refractivity (Wildman–Crippen MR) is 243 cm³/mol. The number of carbonyl (C=O) groups excluding carboxylic acids is 3. The minimum atomic E-state index is -0.728. The van der Waals surface area contributed by atoms with Gasteiger partial charge in [0.25, 0.3) is 0 Å². The number of nitrogens with two attached hydrogens (primary N) is 1. The van der Waals surface area contributed by atoms with Gasteiger partial charge >= 0.3 is 6.09 Å². The molecule has 21 heteroatoms. The minimum absolute atomic E-state index is 0.0231. The molecule has 67 heavy (non-hydrogen) atoms. The summed E-state index contributed by atoms with van der Waals surface area (Å²) in [6.07, 6.45) is 10.8. The molecule has 4 aliphatic heterocycles. The van der Waals surface area contributed by atoms with Crippen molar-refractivity contribution in [1.82, 2.24) is 54.9 Å². The number of nitrogen functional groups attached to an aromatic ring is 1. The van der Waals surface area contributed by atoms with E-state index in [1.54, 1.807) is 9.80 Å². The number of anilines is 3. The van der Waals surface area contributed by atoms with Gasteiger partial charge in [0.1, 0.15) is 41.9 Å². The molecule has 19 nitrogen and oxygen atoms in total. The quantitative estimate of drug-likeness (QED) is 0.139. The molecule has 0 bridgehead atoms. The maximum absolute atomic E-state index is 15.3. The summed E-state index contributed by atoms with van der Waals surface area (Å²) in [5, 5.41) is 15.1. The van der Waals surface area contributed by atoms with Crippen molar-refractivity contribution in [1.29, 1.82) is 0 Å². The SMILES string of the molecule is CC(C)n1nc(-c2noc(C3CC3)c2-c2ncc(C3CCN(C(=O)OCCN4CCC(N5CCN(c6c(F)cc(NC7CCC(=O)NC7=O)cc6F)CC5)CC4)CC3)cn2)c2c(N)ncnc21. The van der Waals surface area contributed by atoms with Gasteiger partial charge in [-0.05, 0) is 95.5 Å². The monoisotopic (exact) mass is 922 g/mol. The summed E-state index contributed by atoms with van der Waals surface area (Å²) in [5.41, 5.74) is 9.88. The summed E-state index contributed by atoms with van der Waals surface area (Å²) in [6.45, 7) is 10.3. The van der Waals surface area contributed by atoms with E-state index in [9.17, 15) is 14.4 Å². The lowest BCUT2D eigenvalue weighted by molar-refractivity contribution is -0.133. The van der Waals surface area contributed by atoms with Gasteiger partial charge in [-0.15, -0.1) is 0 Å². The van der Waals surface area contributed by atoms with Crippen LogP contribution in [0.25, 0.3) is 33.8 Å². The third-order valence-corrected chi connectivity index (χ3v) is 14.0. The molecule has 4 aromatic heterocycles. The van der Waals surface area contributed by atoms with Crippen molar-refractivity contribution in [2.75, 3.05) is 81.5 Å². The smallest absolute Gasteiger partial charge is 0.409 e. The van der Waals surface area contributed by atoms with Gasteiger partial charge in [-0.1, -0.05) is 5.16 Å². The van der Waals surface area contributed by atoms with Gasteiger partial charge in [0.05, 0.1) is 10.9 Å². The van der Waals surface area contributed by atoms with Crippen LogP contribution in [0.15, 0.2) is 35.4 Å². The fourth-order valence-corrected chi connectivity index (χ4v) is 10.1. The topological polar surface area (TPSA) is 219 Å². The van der Waals surface area contributed by atoms with Crippen LogP contribution in [0, 0.1) is 11.6 Å². The average molecular weight is 923 g/mol. The fraction of sp³-hybridized carbons (Fsp3) is 0.543. The Bertz CT molecular complexity index is 2610. The Hall–Kier alpha value is -6.35. The molecule has 1 aromatic carbocycles. The lowest BCUT2D eigenvalue weighted by atomic mass is 9.91. The molecular weight excluding hydrogens is 867 g/mol. The van der Waals surface area contributed by atoms with E-state index in [4.69, 9.17) is 30.1 Å². The first-order valence-electron chi connectivity index (χ1n) is 23.5. The van der Waals surface area contributed by atoms with Crippen LogP contribution in [0.2, 0.25) is 0 Å². The van der Waals surface area contributed by atoms with Crippen molar-refractivity contribution in [3.63, 3.8) is 0 Å². The minimum Gasteiger partial charge on any atom is -0.448 e. The number of fused-ring (bicyclic) bond motifs is 1. The Kier molecular flexibility index (Phi) is 12.4. The summed E-state index contributed by atoms with van der Waals surface area (Å²) < 4.78 is 44.1. The molecule has 1 atom stereocenters. The number of hydrogen-bond acceptors (Lipinski definition) is 16. The second-order valence-electron chi connectivity index (χ2n) is 18.6. The highest BCUT2D eigenvalue weighted by molar-refractivity contribution is 6.02. The Balaban J connectivity index is 0.665. The van der Waals surface area contributed by atoms with Crippen LogP contribution in [-0.4, -0.2) is 145 Å². The van der Waals surface area contributed by atoms with Crippen molar-refractivity contribution >= 4 is 46.1 Å². The van der Waals surface area contributed by atoms with Crippen molar-refractivity contribution in [2.45, 2.75) is 95.2 Å². The summed E-state index contributed by atoms with van der Waals surface area (Å²) in [6, 6.07) is 2.09. The number of piperazine rings is 1. The van der Waals surface area contributed by atoms with Crippen LogP contribution in [0.4, 0.5) is 30.8 Å². The maximum Gasteiger partial charge on any atom is 0.409 e. The fourth-order valence-electron chi connectivity index (χ4n) is 10.1. The van der Waals surface area contributed by atoms with E-state index in [-0.39, 0.29) is 54.1 Å². The number of likely N-dealkylation sites (tertiary alicyclic amines) is 2. The van der Waals surface area contributed by atoms with Crippen LogP contribution in [-0.2, 0) is 14.3 Å². The molecule has 10 rings (SSSR count). The lowest BCUT2D eigenvalue weighted by Gasteiger charge is -2.43. The van der Waals surface area contributed by atoms with E-state index >= 15 is 8.78 Å². The molecular formula is C46H56F2N14O5. The molecule has 3 amide bonds. The third kappa shape index (κ3) is 9.22.